The standard InChI is InChI=1S/C11H24N2/c1-6-11(5)8-13(9(2)3)10(4)7-12-11/h9-10,12H,6-8H2,1-5H3. The van der Waals surface area contributed by atoms with Crippen molar-refractivity contribution in [3.05, 3.63) is 0 Å². The predicted molar refractivity (Wildman–Crippen MR) is 58.0 cm³/mol. The van der Waals surface area contributed by atoms with Gasteiger partial charge >= 0.3 is 0 Å². The second-order valence-electron chi connectivity index (χ2n) is 4.91. The average Bonchev–Trinajstić information content (AvgIpc) is 2.09. The molecule has 0 aromatic carbocycles. The molecule has 0 bridgehead atoms. The van der Waals surface area contributed by atoms with E-state index in [1.54, 1.807) is 0 Å². The Morgan fingerprint density at radius 2 is 2.15 bits per heavy atom. The van der Waals surface area contributed by atoms with Gasteiger partial charge in [-0.1, -0.05) is 6.92 Å². The number of nitrogens with zero attached hydrogens (tertiary/aromatic N) is 1. The second-order valence-corrected chi connectivity index (χ2v) is 4.91. The van der Waals surface area contributed by atoms with Gasteiger partial charge in [-0.25, -0.2) is 0 Å². The largest absolute Gasteiger partial charge is 0.309 e. The summed E-state index contributed by atoms with van der Waals surface area (Å²) in [6, 6.07) is 1.35. The van der Waals surface area contributed by atoms with Crippen molar-refractivity contribution >= 4 is 0 Å². The lowest BCUT2D eigenvalue weighted by Crippen LogP contribution is -2.63. The van der Waals surface area contributed by atoms with E-state index < -0.39 is 0 Å². The topological polar surface area (TPSA) is 15.3 Å². The van der Waals surface area contributed by atoms with Crippen LogP contribution in [0.15, 0.2) is 0 Å². The third-order valence-electron chi connectivity index (χ3n) is 3.37. The summed E-state index contributed by atoms with van der Waals surface area (Å²) in [7, 11) is 0. The third-order valence-corrected chi connectivity index (χ3v) is 3.37. The first kappa shape index (κ1) is 11.0. The fourth-order valence-electron chi connectivity index (χ4n) is 2.05. The lowest BCUT2D eigenvalue weighted by molar-refractivity contribution is 0.0665. The highest BCUT2D eigenvalue weighted by molar-refractivity contribution is 4.93. The zero-order valence-electron chi connectivity index (χ0n) is 9.72. The molecule has 13 heavy (non-hydrogen) atoms. The highest BCUT2D eigenvalue weighted by Crippen LogP contribution is 2.20. The van der Waals surface area contributed by atoms with Crippen molar-refractivity contribution in [3.63, 3.8) is 0 Å². The maximum Gasteiger partial charge on any atom is 0.0278 e. The highest BCUT2D eigenvalue weighted by Gasteiger charge is 2.33. The molecule has 0 amide bonds. The molecule has 1 saturated heterocycles. The minimum Gasteiger partial charge on any atom is -0.309 e. The minimum atomic E-state index is 0.330. The van der Waals surface area contributed by atoms with E-state index in [0.717, 1.165) is 6.54 Å². The molecule has 0 aromatic rings. The van der Waals surface area contributed by atoms with Crippen molar-refractivity contribution in [2.24, 2.45) is 0 Å². The van der Waals surface area contributed by atoms with Crippen molar-refractivity contribution in [2.45, 2.75) is 58.7 Å². The number of hydrogen-bond acceptors (Lipinski definition) is 2. The Kier molecular flexibility index (Phi) is 3.36. The first-order valence-electron chi connectivity index (χ1n) is 5.49. The SMILES string of the molecule is CCC1(C)CN(C(C)C)C(C)CN1. The average molecular weight is 184 g/mol. The predicted octanol–water partition coefficient (Wildman–Crippen LogP) is 1.86. The monoisotopic (exact) mass is 184 g/mol. The van der Waals surface area contributed by atoms with Gasteiger partial charge in [0, 0.05) is 30.7 Å². The molecule has 0 spiro atoms. The van der Waals surface area contributed by atoms with Gasteiger partial charge in [-0.3, -0.25) is 4.90 Å². The van der Waals surface area contributed by atoms with E-state index in [1.165, 1.54) is 13.0 Å². The number of nitrogens with one attached hydrogen (secondary N) is 1. The van der Waals surface area contributed by atoms with Crippen LogP contribution < -0.4 is 5.32 Å². The van der Waals surface area contributed by atoms with Crippen LogP contribution in [0.3, 0.4) is 0 Å². The summed E-state index contributed by atoms with van der Waals surface area (Å²) in [4.78, 5) is 2.60. The second kappa shape index (κ2) is 3.97. The Bertz CT molecular complexity index is 167. The lowest BCUT2D eigenvalue weighted by atomic mass is 9.93. The normalized spacial score (nSPS) is 36.9. The molecule has 1 aliphatic rings. The summed E-state index contributed by atoms with van der Waals surface area (Å²) in [5.41, 5.74) is 0.330. The zero-order valence-corrected chi connectivity index (χ0v) is 9.72. The van der Waals surface area contributed by atoms with Crippen LogP contribution in [0.4, 0.5) is 0 Å². The molecule has 78 valence electrons. The Labute approximate surface area is 82.7 Å². The molecule has 0 aromatic heterocycles. The smallest absolute Gasteiger partial charge is 0.0278 e. The molecule has 0 aliphatic carbocycles. The molecular formula is C11H24N2. The van der Waals surface area contributed by atoms with Crippen LogP contribution in [0.1, 0.15) is 41.0 Å². The molecular weight excluding hydrogens is 160 g/mol. The van der Waals surface area contributed by atoms with Crippen molar-refractivity contribution in [1.29, 1.82) is 0 Å². The van der Waals surface area contributed by atoms with Gasteiger partial charge in [0.2, 0.25) is 0 Å². The Morgan fingerprint density at radius 3 is 2.62 bits per heavy atom. The quantitative estimate of drug-likeness (QED) is 0.704. The Balaban J connectivity index is 2.63. The van der Waals surface area contributed by atoms with Crippen LogP contribution in [0.5, 0.6) is 0 Å². The van der Waals surface area contributed by atoms with E-state index in [-0.39, 0.29) is 0 Å². The first-order chi connectivity index (χ1) is 5.98. The summed E-state index contributed by atoms with van der Waals surface area (Å²) in [5.74, 6) is 0. The van der Waals surface area contributed by atoms with E-state index in [9.17, 15) is 0 Å². The van der Waals surface area contributed by atoms with Crippen molar-refractivity contribution in [1.82, 2.24) is 10.2 Å². The van der Waals surface area contributed by atoms with E-state index >= 15 is 0 Å². The van der Waals surface area contributed by atoms with Crippen LogP contribution in [0, 0.1) is 0 Å². The van der Waals surface area contributed by atoms with Crippen LogP contribution in [-0.4, -0.2) is 35.6 Å². The Morgan fingerprint density at radius 1 is 1.54 bits per heavy atom. The van der Waals surface area contributed by atoms with Gasteiger partial charge < -0.3 is 5.32 Å². The molecule has 2 atom stereocenters. The first-order valence-corrected chi connectivity index (χ1v) is 5.49. The molecule has 1 aliphatic heterocycles. The van der Waals surface area contributed by atoms with E-state index in [2.05, 4.69) is 44.8 Å². The number of hydrogen-bond donors (Lipinski definition) is 1. The summed E-state index contributed by atoms with van der Waals surface area (Å²) >= 11 is 0. The van der Waals surface area contributed by atoms with Gasteiger partial charge in [-0.15, -0.1) is 0 Å². The summed E-state index contributed by atoms with van der Waals surface area (Å²) in [5, 5.41) is 3.64. The lowest BCUT2D eigenvalue weighted by Gasteiger charge is -2.46. The van der Waals surface area contributed by atoms with Gasteiger partial charge in [0.1, 0.15) is 0 Å². The maximum atomic E-state index is 3.64. The molecule has 2 unspecified atom stereocenters. The van der Waals surface area contributed by atoms with Gasteiger partial charge in [-0.05, 0) is 34.1 Å². The third kappa shape index (κ3) is 2.44. The van der Waals surface area contributed by atoms with Gasteiger partial charge in [0.05, 0.1) is 0 Å². The summed E-state index contributed by atoms with van der Waals surface area (Å²) in [6.07, 6.45) is 1.21. The van der Waals surface area contributed by atoms with Crippen molar-refractivity contribution in [3.8, 4) is 0 Å². The van der Waals surface area contributed by atoms with Crippen LogP contribution >= 0.6 is 0 Å². The number of rotatable bonds is 2. The molecule has 1 heterocycles. The molecule has 2 heteroatoms. The van der Waals surface area contributed by atoms with Crippen molar-refractivity contribution in [2.75, 3.05) is 13.1 Å². The molecule has 0 saturated carbocycles. The maximum absolute atomic E-state index is 3.64. The molecule has 1 rings (SSSR count). The molecule has 1 N–H and O–H groups in total. The van der Waals surface area contributed by atoms with E-state index in [0.29, 0.717) is 17.6 Å². The summed E-state index contributed by atoms with van der Waals surface area (Å²) < 4.78 is 0. The fourth-order valence-corrected chi connectivity index (χ4v) is 2.05. The van der Waals surface area contributed by atoms with Crippen LogP contribution in [0.2, 0.25) is 0 Å². The van der Waals surface area contributed by atoms with Gasteiger partial charge in [-0.2, -0.15) is 0 Å². The van der Waals surface area contributed by atoms with E-state index in [1.807, 2.05) is 0 Å². The minimum absolute atomic E-state index is 0.330. The number of piperazine rings is 1. The van der Waals surface area contributed by atoms with Gasteiger partial charge in [0.25, 0.3) is 0 Å². The summed E-state index contributed by atoms with van der Waals surface area (Å²) in [6.45, 7) is 13.8. The van der Waals surface area contributed by atoms with E-state index in [4.69, 9.17) is 0 Å². The zero-order chi connectivity index (χ0) is 10.1. The van der Waals surface area contributed by atoms with Crippen LogP contribution in [0.25, 0.3) is 0 Å². The fraction of sp³-hybridized carbons (Fsp3) is 1.00. The van der Waals surface area contributed by atoms with Gasteiger partial charge in [0.15, 0.2) is 0 Å². The molecule has 0 radical (unpaired) electrons. The van der Waals surface area contributed by atoms with Crippen molar-refractivity contribution < 1.29 is 0 Å². The highest BCUT2D eigenvalue weighted by atomic mass is 15.3. The van der Waals surface area contributed by atoms with Crippen LogP contribution in [-0.2, 0) is 0 Å². The Hall–Kier alpha value is -0.0800. The molecule has 2 nitrogen and oxygen atoms in total. The molecule has 1 fully saturated rings.